The molecule has 1 amide bonds. The van der Waals surface area contributed by atoms with E-state index in [0.717, 1.165) is 5.56 Å². The van der Waals surface area contributed by atoms with Gasteiger partial charge in [-0.15, -0.1) is 0 Å². The zero-order valence-electron chi connectivity index (χ0n) is 14.8. The van der Waals surface area contributed by atoms with E-state index in [4.69, 9.17) is 5.11 Å². The van der Waals surface area contributed by atoms with Crippen molar-refractivity contribution in [2.45, 2.75) is 6.54 Å². The van der Waals surface area contributed by atoms with E-state index in [9.17, 15) is 18.4 Å². The largest absolute Gasteiger partial charge is 0.388 e. The molecule has 0 atom stereocenters. The molecule has 0 saturated carbocycles. The second kappa shape index (κ2) is 8.54. The molecular formula is C22H17F2NO3. The molecule has 0 saturated heterocycles. The molecule has 2 N–H and O–H groups in total. The summed E-state index contributed by atoms with van der Waals surface area (Å²) in [5.74, 6) is -1.73. The third-order valence-electron chi connectivity index (χ3n) is 4.20. The Hall–Kier alpha value is -3.38. The van der Waals surface area contributed by atoms with Gasteiger partial charge in [-0.25, -0.2) is 8.78 Å². The zero-order valence-corrected chi connectivity index (χ0v) is 14.8. The SMILES string of the molecule is O=C(CO)c1cc(C(=O)NCc2ccc(F)cc2)cc(-c2ccc(F)cc2)c1. The van der Waals surface area contributed by atoms with Crippen LogP contribution in [0.4, 0.5) is 8.78 Å². The van der Waals surface area contributed by atoms with Crippen LogP contribution >= 0.6 is 0 Å². The summed E-state index contributed by atoms with van der Waals surface area (Å²) in [7, 11) is 0. The van der Waals surface area contributed by atoms with E-state index in [1.54, 1.807) is 24.3 Å². The van der Waals surface area contributed by atoms with Crippen molar-refractivity contribution < 1.29 is 23.5 Å². The lowest BCUT2D eigenvalue weighted by atomic mass is 9.97. The third kappa shape index (κ3) is 4.66. The number of hydrogen-bond donors (Lipinski definition) is 2. The highest BCUT2D eigenvalue weighted by Gasteiger charge is 2.14. The van der Waals surface area contributed by atoms with Gasteiger partial charge in [0.05, 0.1) is 0 Å². The number of amides is 1. The number of ketones is 1. The van der Waals surface area contributed by atoms with Crippen LogP contribution in [0.2, 0.25) is 0 Å². The number of aliphatic hydroxyl groups is 1. The summed E-state index contributed by atoms with van der Waals surface area (Å²) in [6, 6.07) is 15.9. The molecule has 3 rings (SSSR count). The van der Waals surface area contributed by atoms with Gasteiger partial charge in [-0.2, -0.15) is 0 Å². The Morgan fingerprint density at radius 2 is 1.36 bits per heavy atom. The molecule has 0 radical (unpaired) electrons. The number of carbonyl (C=O) groups is 2. The first kappa shape index (κ1) is 19.4. The first-order valence-electron chi connectivity index (χ1n) is 8.54. The summed E-state index contributed by atoms with van der Waals surface area (Å²) in [5.41, 5.74) is 2.29. The van der Waals surface area contributed by atoms with Gasteiger partial charge in [-0.1, -0.05) is 24.3 Å². The lowest BCUT2D eigenvalue weighted by Crippen LogP contribution is -2.23. The number of halogens is 2. The van der Waals surface area contributed by atoms with E-state index in [1.807, 2.05) is 0 Å². The fraction of sp³-hybridized carbons (Fsp3) is 0.0909. The fourth-order valence-corrected chi connectivity index (χ4v) is 2.71. The van der Waals surface area contributed by atoms with E-state index in [-0.39, 0.29) is 23.5 Å². The van der Waals surface area contributed by atoms with Gasteiger partial charge in [0.25, 0.3) is 5.91 Å². The molecule has 6 heteroatoms. The maximum Gasteiger partial charge on any atom is 0.251 e. The van der Waals surface area contributed by atoms with Crippen LogP contribution in [0.15, 0.2) is 66.7 Å². The van der Waals surface area contributed by atoms with Crippen molar-refractivity contribution >= 4 is 11.7 Å². The number of aliphatic hydroxyl groups excluding tert-OH is 1. The number of Topliss-reactive ketones (excluding diaryl/α,β-unsaturated/α-hetero) is 1. The molecule has 0 spiro atoms. The van der Waals surface area contributed by atoms with Crippen molar-refractivity contribution in [2.24, 2.45) is 0 Å². The predicted molar refractivity (Wildman–Crippen MR) is 101 cm³/mol. The van der Waals surface area contributed by atoms with Crippen molar-refractivity contribution in [3.8, 4) is 11.1 Å². The van der Waals surface area contributed by atoms with Crippen molar-refractivity contribution in [1.29, 1.82) is 0 Å². The Morgan fingerprint density at radius 3 is 1.96 bits per heavy atom. The molecule has 0 aliphatic heterocycles. The molecule has 0 aliphatic carbocycles. The third-order valence-corrected chi connectivity index (χ3v) is 4.20. The average Bonchev–Trinajstić information content (AvgIpc) is 2.72. The van der Waals surface area contributed by atoms with Gasteiger partial charge in [0.1, 0.15) is 18.2 Å². The van der Waals surface area contributed by atoms with Crippen molar-refractivity contribution in [1.82, 2.24) is 5.32 Å². The van der Waals surface area contributed by atoms with Crippen LogP contribution in [0.25, 0.3) is 11.1 Å². The van der Waals surface area contributed by atoms with Crippen LogP contribution in [-0.2, 0) is 6.54 Å². The second-order valence-corrected chi connectivity index (χ2v) is 6.20. The molecule has 0 heterocycles. The molecular weight excluding hydrogens is 364 g/mol. The normalized spacial score (nSPS) is 10.5. The Labute approximate surface area is 160 Å². The highest BCUT2D eigenvalue weighted by molar-refractivity contribution is 6.02. The molecule has 0 aliphatic rings. The molecule has 0 unspecified atom stereocenters. The molecule has 142 valence electrons. The monoisotopic (exact) mass is 381 g/mol. The highest BCUT2D eigenvalue weighted by atomic mass is 19.1. The fourth-order valence-electron chi connectivity index (χ4n) is 2.71. The van der Waals surface area contributed by atoms with Gasteiger partial charge in [-0.3, -0.25) is 9.59 Å². The minimum atomic E-state index is -0.691. The molecule has 3 aromatic carbocycles. The van der Waals surface area contributed by atoms with E-state index < -0.39 is 24.1 Å². The van der Waals surface area contributed by atoms with Crippen LogP contribution < -0.4 is 5.32 Å². The first-order valence-corrected chi connectivity index (χ1v) is 8.54. The molecule has 28 heavy (non-hydrogen) atoms. The topological polar surface area (TPSA) is 66.4 Å². The summed E-state index contributed by atoms with van der Waals surface area (Å²) >= 11 is 0. The standard InChI is InChI=1S/C22H17F2NO3/c23-19-5-1-14(2-6-19)12-25-22(28)18-10-16(9-17(11-18)21(27)13-26)15-3-7-20(24)8-4-15/h1-11,26H,12-13H2,(H,25,28). The molecule has 0 aromatic heterocycles. The molecule has 4 nitrogen and oxygen atoms in total. The smallest absolute Gasteiger partial charge is 0.251 e. The summed E-state index contributed by atoms with van der Waals surface area (Å²) in [4.78, 5) is 24.5. The Bertz CT molecular complexity index is 999. The van der Waals surface area contributed by atoms with Crippen LogP contribution in [0, 0.1) is 11.6 Å². The van der Waals surface area contributed by atoms with Crippen LogP contribution in [0.5, 0.6) is 0 Å². The van der Waals surface area contributed by atoms with Gasteiger partial charge in [0.15, 0.2) is 5.78 Å². The lowest BCUT2D eigenvalue weighted by Gasteiger charge is -2.10. The van der Waals surface area contributed by atoms with Crippen molar-refractivity contribution in [2.75, 3.05) is 6.61 Å². The van der Waals surface area contributed by atoms with Gasteiger partial charge in [0.2, 0.25) is 0 Å². The second-order valence-electron chi connectivity index (χ2n) is 6.20. The lowest BCUT2D eigenvalue weighted by molar-refractivity contribution is 0.0903. The van der Waals surface area contributed by atoms with Gasteiger partial charge in [-0.05, 0) is 59.2 Å². The van der Waals surface area contributed by atoms with E-state index >= 15 is 0 Å². The van der Waals surface area contributed by atoms with E-state index in [2.05, 4.69) is 5.32 Å². The highest BCUT2D eigenvalue weighted by Crippen LogP contribution is 2.23. The van der Waals surface area contributed by atoms with Crippen molar-refractivity contribution in [3.05, 3.63) is 95.1 Å². The maximum atomic E-state index is 13.2. The number of benzene rings is 3. The summed E-state index contributed by atoms with van der Waals surface area (Å²) in [6.45, 7) is -0.507. The number of nitrogens with one attached hydrogen (secondary N) is 1. The molecule has 3 aromatic rings. The van der Waals surface area contributed by atoms with Crippen LogP contribution in [0.3, 0.4) is 0 Å². The summed E-state index contributed by atoms with van der Waals surface area (Å²) < 4.78 is 26.2. The number of rotatable bonds is 6. The zero-order chi connectivity index (χ0) is 20.1. The van der Waals surface area contributed by atoms with Gasteiger partial charge < -0.3 is 10.4 Å². The predicted octanol–water partition coefficient (Wildman–Crippen LogP) is 3.74. The van der Waals surface area contributed by atoms with E-state index in [0.29, 0.717) is 11.1 Å². The van der Waals surface area contributed by atoms with Crippen molar-refractivity contribution in [3.63, 3.8) is 0 Å². The Morgan fingerprint density at radius 1 is 0.786 bits per heavy atom. The minimum Gasteiger partial charge on any atom is -0.388 e. The first-order chi connectivity index (χ1) is 13.5. The molecule has 0 fully saturated rings. The van der Waals surface area contributed by atoms with Crippen LogP contribution in [-0.4, -0.2) is 23.4 Å². The quantitative estimate of drug-likeness (QED) is 0.640. The Balaban J connectivity index is 1.88. The van der Waals surface area contributed by atoms with Gasteiger partial charge in [0, 0.05) is 17.7 Å². The summed E-state index contributed by atoms with van der Waals surface area (Å²) in [5, 5.41) is 11.9. The average molecular weight is 381 g/mol. The van der Waals surface area contributed by atoms with Gasteiger partial charge >= 0.3 is 0 Å². The minimum absolute atomic E-state index is 0.177. The summed E-state index contributed by atoms with van der Waals surface area (Å²) in [6.07, 6.45) is 0. The maximum absolute atomic E-state index is 13.2. The van der Waals surface area contributed by atoms with E-state index in [1.165, 1.54) is 42.5 Å². The molecule has 0 bridgehead atoms. The Kier molecular flexibility index (Phi) is 5.91. The van der Waals surface area contributed by atoms with Crippen LogP contribution in [0.1, 0.15) is 26.3 Å². The number of hydrogen-bond acceptors (Lipinski definition) is 3. The number of carbonyl (C=O) groups excluding carboxylic acids is 2.